The minimum absolute atomic E-state index is 0.0456. The summed E-state index contributed by atoms with van der Waals surface area (Å²) in [4.78, 5) is 13.2. The van der Waals surface area contributed by atoms with Gasteiger partial charge in [-0.25, -0.2) is 4.79 Å². The first kappa shape index (κ1) is 15.4. The number of ether oxygens (including phenoxy) is 1. The number of carbonyl (C=O) groups is 1. The number of hydrogen-bond donors (Lipinski definition) is 0. The zero-order valence-corrected chi connectivity index (χ0v) is 11.9. The zero-order valence-electron chi connectivity index (χ0n) is 11.9. The molecule has 0 aromatic heterocycles. The predicted molar refractivity (Wildman–Crippen MR) is 67.0 cm³/mol. The molecular weight excluding hydrogens is 277 g/mol. The molecule has 1 aliphatic carbocycles. The molecule has 1 saturated heterocycles. The molecule has 3 nitrogen and oxygen atoms in total. The number of halogens is 4. The second kappa shape index (κ2) is 4.27. The fraction of sp³-hybridized carbons (Fsp3) is 0.917. The van der Waals surface area contributed by atoms with Crippen LogP contribution in [0.2, 0.25) is 0 Å². The topological polar surface area (TPSA) is 29.5 Å². The van der Waals surface area contributed by atoms with Gasteiger partial charge < -0.3 is 22.6 Å². The van der Waals surface area contributed by atoms with E-state index in [1.807, 2.05) is 0 Å². The average Bonchev–Trinajstić information content (AvgIpc) is 2.82. The van der Waals surface area contributed by atoms with E-state index in [1.54, 1.807) is 20.8 Å². The second-order valence-corrected chi connectivity index (χ2v) is 6.86. The first-order valence-electron chi connectivity index (χ1n) is 6.76. The molecule has 1 saturated carbocycles. The summed E-state index contributed by atoms with van der Waals surface area (Å²) in [6, 6.07) is 0. The van der Waals surface area contributed by atoms with Crippen molar-refractivity contribution >= 4 is 13.1 Å². The first-order valence-corrected chi connectivity index (χ1v) is 6.76. The van der Waals surface area contributed by atoms with Crippen LogP contribution in [0.3, 0.4) is 0 Å². The number of piperidine rings is 1. The van der Waals surface area contributed by atoms with Gasteiger partial charge in [0.15, 0.2) is 0 Å². The van der Waals surface area contributed by atoms with Crippen molar-refractivity contribution in [3.8, 4) is 0 Å². The van der Waals surface area contributed by atoms with E-state index in [0.717, 1.165) is 0 Å². The number of nitrogens with zero attached hydrogens (tertiary/aromatic N) is 1. The number of hydrogen-bond acceptors (Lipinski definition) is 2. The van der Waals surface area contributed by atoms with Gasteiger partial charge in [-0.15, -0.1) is 0 Å². The summed E-state index contributed by atoms with van der Waals surface area (Å²) in [5.74, 6) is 0. The van der Waals surface area contributed by atoms with Crippen molar-refractivity contribution in [2.24, 2.45) is 5.41 Å². The maximum absolute atomic E-state index is 13.9. The molecule has 0 bridgehead atoms. The van der Waals surface area contributed by atoms with Gasteiger partial charge in [0.1, 0.15) is 5.60 Å². The van der Waals surface area contributed by atoms with Crippen LogP contribution in [0.15, 0.2) is 0 Å². The molecule has 2 rings (SSSR count). The zero-order chi connectivity index (χ0) is 15.4. The van der Waals surface area contributed by atoms with Gasteiger partial charge >= 0.3 is 13.1 Å². The van der Waals surface area contributed by atoms with Crippen molar-refractivity contribution in [1.82, 2.24) is 4.90 Å². The van der Waals surface area contributed by atoms with E-state index in [4.69, 9.17) is 4.74 Å². The molecule has 0 aromatic rings. The molecule has 8 heteroatoms. The first-order chi connectivity index (χ1) is 8.90. The Hall–Kier alpha value is -0.945. The van der Waals surface area contributed by atoms with Crippen molar-refractivity contribution < 1.29 is 26.9 Å². The molecule has 2 aliphatic rings. The van der Waals surface area contributed by atoms with E-state index in [2.05, 4.69) is 0 Å². The average molecular weight is 296 g/mol. The number of amides is 1. The fourth-order valence-corrected chi connectivity index (χ4v) is 2.95. The van der Waals surface area contributed by atoms with Gasteiger partial charge in [0.2, 0.25) is 0 Å². The lowest BCUT2D eigenvalue weighted by molar-refractivity contribution is 0.0148. The molecule has 1 amide bonds. The van der Waals surface area contributed by atoms with E-state index >= 15 is 0 Å². The quantitative estimate of drug-likeness (QED) is 0.547. The predicted octanol–water partition coefficient (Wildman–Crippen LogP) is 3.50. The molecule has 0 aromatic carbocycles. The standard InChI is InChI=1S/C12H19BF4NO2/c1-10(2,3)20-9(19)18-6-4-11(5-7-18)8-12(11,14)13(15,16)17/h4-8H2,1-3H3/q-1. The van der Waals surface area contributed by atoms with Gasteiger partial charge in [-0.2, -0.15) is 0 Å². The lowest BCUT2D eigenvalue weighted by Gasteiger charge is -2.36. The van der Waals surface area contributed by atoms with Crippen LogP contribution in [-0.2, 0) is 4.74 Å². The lowest BCUT2D eigenvalue weighted by Crippen LogP contribution is -2.46. The molecule has 1 spiro atoms. The largest absolute Gasteiger partial charge is 0.515 e. The minimum atomic E-state index is -5.48. The number of alkyl halides is 1. The Morgan fingerprint density at radius 1 is 1.20 bits per heavy atom. The van der Waals surface area contributed by atoms with Crippen LogP contribution < -0.4 is 0 Å². The molecule has 1 atom stereocenters. The molecule has 1 heterocycles. The van der Waals surface area contributed by atoms with Crippen LogP contribution >= 0.6 is 0 Å². The van der Waals surface area contributed by atoms with Crippen molar-refractivity contribution in [3.63, 3.8) is 0 Å². The monoisotopic (exact) mass is 296 g/mol. The van der Waals surface area contributed by atoms with Gasteiger partial charge in [0, 0.05) is 13.1 Å². The highest BCUT2D eigenvalue weighted by molar-refractivity contribution is 6.63. The third kappa shape index (κ3) is 2.49. The van der Waals surface area contributed by atoms with Crippen LogP contribution in [0.4, 0.5) is 22.1 Å². The summed E-state index contributed by atoms with van der Waals surface area (Å²) in [5, 5.41) is 0. The van der Waals surface area contributed by atoms with Crippen LogP contribution in [-0.4, -0.2) is 42.2 Å². The third-order valence-electron chi connectivity index (χ3n) is 4.24. The highest BCUT2D eigenvalue weighted by atomic mass is 19.4. The summed E-state index contributed by atoms with van der Waals surface area (Å²) < 4.78 is 57.2. The second-order valence-electron chi connectivity index (χ2n) is 6.86. The summed E-state index contributed by atoms with van der Waals surface area (Å²) in [6.45, 7) is -0.0931. The van der Waals surface area contributed by atoms with Gasteiger partial charge in [0.25, 0.3) is 0 Å². The van der Waals surface area contributed by atoms with Crippen LogP contribution in [0.25, 0.3) is 0 Å². The van der Waals surface area contributed by atoms with Crippen LogP contribution in [0, 0.1) is 5.41 Å². The van der Waals surface area contributed by atoms with Gasteiger partial charge in [0.05, 0.1) is 5.57 Å². The Balaban J connectivity index is 1.93. The molecule has 116 valence electrons. The number of likely N-dealkylation sites (tertiary alicyclic amines) is 1. The van der Waals surface area contributed by atoms with Crippen LogP contribution in [0.1, 0.15) is 40.0 Å². The molecule has 2 fully saturated rings. The summed E-state index contributed by atoms with van der Waals surface area (Å²) in [5.41, 5.74) is -4.96. The fourth-order valence-electron chi connectivity index (χ4n) is 2.95. The Kier molecular flexibility index (Phi) is 3.30. The number of rotatable bonds is 1. The molecule has 0 radical (unpaired) electrons. The Bertz CT molecular complexity index is 413. The molecule has 1 aliphatic heterocycles. The van der Waals surface area contributed by atoms with E-state index in [1.165, 1.54) is 4.90 Å². The molecule has 0 N–H and O–H groups in total. The summed E-state index contributed by atoms with van der Waals surface area (Å²) >= 11 is 0. The minimum Gasteiger partial charge on any atom is -0.447 e. The number of carbonyl (C=O) groups excluding carboxylic acids is 1. The van der Waals surface area contributed by atoms with Gasteiger partial charge in [-0.3, -0.25) is 4.39 Å². The normalized spacial score (nSPS) is 29.4. The molecular formula is C12H19BF4NO2-. The third-order valence-corrected chi connectivity index (χ3v) is 4.24. The van der Waals surface area contributed by atoms with Crippen molar-refractivity contribution in [2.45, 2.75) is 51.2 Å². The van der Waals surface area contributed by atoms with Crippen LogP contribution in [0.5, 0.6) is 0 Å². The van der Waals surface area contributed by atoms with E-state index < -0.39 is 36.1 Å². The van der Waals surface area contributed by atoms with Gasteiger partial charge in [-0.05, 0) is 45.4 Å². The highest BCUT2D eigenvalue weighted by Gasteiger charge is 2.76. The Labute approximate surface area is 115 Å². The Morgan fingerprint density at radius 3 is 2.05 bits per heavy atom. The van der Waals surface area contributed by atoms with Crippen molar-refractivity contribution in [3.05, 3.63) is 0 Å². The van der Waals surface area contributed by atoms with Crippen molar-refractivity contribution in [2.75, 3.05) is 13.1 Å². The van der Waals surface area contributed by atoms with E-state index in [0.29, 0.717) is 0 Å². The smallest absolute Gasteiger partial charge is 0.447 e. The lowest BCUT2D eigenvalue weighted by atomic mass is 9.72. The summed E-state index contributed by atoms with van der Waals surface area (Å²) in [7, 11) is 0. The maximum Gasteiger partial charge on any atom is 0.515 e. The van der Waals surface area contributed by atoms with Gasteiger partial charge in [-0.1, -0.05) is 0 Å². The van der Waals surface area contributed by atoms with Crippen molar-refractivity contribution in [1.29, 1.82) is 0 Å². The summed E-state index contributed by atoms with van der Waals surface area (Å²) in [6.07, 6.45) is -0.908. The molecule has 20 heavy (non-hydrogen) atoms. The van der Waals surface area contributed by atoms with E-state index in [9.17, 15) is 22.1 Å². The maximum atomic E-state index is 13.9. The SMILES string of the molecule is CC(C)(C)OC(=O)N1CCC2(CC1)CC2(F)[B-](F)(F)F. The van der Waals surface area contributed by atoms with E-state index in [-0.39, 0.29) is 25.9 Å². The molecule has 1 unspecified atom stereocenters. The highest BCUT2D eigenvalue weighted by Crippen LogP contribution is 2.69. The Morgan fingerprint density at radius 2 is 1.70 bits per heavy atom.